The fraction of sp³-hybridized carbons (Fsp3) is 0.167. The minimum Gasteiger partial charge on any atom is -0.319 e. The lowest BCUT2D eigenvalue weighted by molar-refractivity contribution is 0.102. The Balaban J connectivity index is 2.19. The number of carbonyl (C=O) groups is 1. The third-order valence-electron chi connectivity index (χ3n) is 2.41. The fourth-order valence-electron chi connectivity index (χ4n) is 1.48. The van der Waals surface area contributed by atoms with Crippen molar-refractivity contribution in [2.45, 2.75) is 13.5 Å². The summed E-state index contributed by atoms with van der Waals surface area (Å²) in [6.45, 7) is 2.37. The van der Waals surface area contributed by atoms with Crippen LogP contribution in [0, 0.1) is 11.3 Å². The number of nitriles is 1. The summed E-state index contributed by atoms with van der Waals surface area (Å²) in [7, 11) is 0. The van der Waals surface area contributed by atoms with Crippen LogP contribution in [0.25, 0.3) is 0 Å². The molecular formula is C12H10N4O2S. The van der Waals surface area contributed by atoms with E-state index in [9.17, 15) is 9.59 Å². The molecule has 0 aliphatic carbocycles. The summed E-state index contributed by atoms with van der Waals surface area (Å²) in [6.07, 6.45) is 1.57. The standard InChI is InChI=1S/C12H10N4O2S/c1-2-16-6-8(3-4-11(16)17)14-12(18)9-7-19-10(5-13)15-9/h3-4,6-7H,2H2,1H3,(H,14,18). The maximum Gasteiger partial charge on any atom is 0.275 e. The Morgan fingerprint density at radius 2 is 2.37 bits per heavy atom. The molecule has 2 aromatic heterocycles. The molecule has 1 N–H and O–H groups in total. The highest BCUT2D eigenvalue weighted by atomic mass is 32.1. The van der Waals surface area contributed by atoms with E-state index >= 15 is 0 Å². The fourth-order valence-corrected chi connectivity index (χ4v) is 2.06. The molecule has 0 spiro atoms. The van der Waals surface area contributed by atoms with Gasteiger partial charge in [-0.1, -0.05) is 0 Å². The summed E-state index contributed by atoms with van der Waals surface area (Å²) in [5.41, 5.74) is 0.578. The van der Waals surface area contributed by atoms with E-state index in [4.69, 9.17) is 5.26 Å². The molecule has 96 valence electrons. The second-order valence-electron chi connectivity index (χ2n) is 3.65. The molecule has 2 heterocycles. The maximum atomic E-state index is 11.9. The van der Waals surface area contributed by atoms with Crippen LogP contribution in [0.4, 0.5) is 5.69 Å². The predicted molar refractivity (Wildman–Crippen MR) is 71.2 cm³/mol. The largest absolute Gasteiger partial charge is 0.319 e. The van der Waals surface area contributed by atoms with E-state index in [0.29, 0.717) is 12.2 Å². The van der Waals surface area contributed by atoms with Gasteiger partial charge in [-0.25, -0.2) is 4.98 Å². The van der Waals surface area contributed by atoms with Crippen LogP contribution in [0.15, 0.2) is 28.5 Å². The Morgan fingerprint density at radius 3 is 3.00 bits per heavy atom. The number of nitrogens with zero attached hydrogens (tertiary/aromatic N) is 3. The lowest BCUT2D eigenvalue weighted by Gasteiger charge is -2.06. The number of anilines is 1. The van der Waals surface area contributed by atoms with Crippen LogP contribution >= 0.6 is 11.3 Å². The van der Waals surface area contributed by atoms with Crippen molar-refractivity contribution in [3.63, 3.8) is 0 Å². The lowest BCUT2D eigenvalue weighted by atomic mass is 10.3. The van der Waals surface area contributed by atoms with Gasteiger partial charge in [-0.2, -0.15) is 5.26 Å². The second-order valence-corrected chi connectivity index (χ2v) is 4.50. The molecule has 6 nitrogen and oxygen atoms in total. The Morgan fingerprint density at radius 1 is 1.58 bits per heavy atom. The van der Waals surface area contributed by atoms with E-state index in [1.165, 1.54) is 22.1 Å². The van der Waals surface area contributed by atoms with E-state index < -0.39 is 5.91 Å². The topological polar surface area (TPSA) is 87.8 Å². The summed E-state index contributed by atoms with van der Waals surface area (Å²) in [4.78, 5) is 27.1. The van der Waals surface area contributed by atoms with Gasteiger partial charge in [-0.15, -0.1) is 11.3 Å². The van der Waals surface area contributed by atoms with Gasteiger partial charge in [0.15, 0.2) is 5.01 Å². The van der Waals surface area contributed by atoms with Gasteiger partial charge in [0, 0.05) is 24.2 Å². The zero-order valence-electron chi connectivity index (χ0n) is 10.1. The van der Waals surface area contributed by atoms with Crippen LogP contribution in [-0.4, -0.2) is 15.5 Å². The van der Waals surface area contributed by atoms with Crippen molar-refractivity contribution in [3.05, 3.63) is 44.8 Å². The van der Waals surface area contributed by atoms with Crippen LogP contribution in [0.5, 0.6) is 0 Å². The Hall–Kier alpha value is -2.46. The van der Waals surface area contributed by atoms with E-state index in [1.807, 2.05) is 13.0 Å². The minimum atomic E-state index is -0.404. The first-order valence-corrected chi connectivity index (χ1v) is 6.39. The third kappa shape index (κ3) is 2.86. The molecule has 0 bridgehead atoms. The van der Waals surface area contributed by atoms with Gasteiger partial charge in [0.05, 0.1) is 5.69 Å². The first kappa shape index (κ1) is 13.0. The number of amides is 1. The first-order valence-electron chi connectivity index (χ1n) is 5.51. The maximum absolute atomic E-state index is 11.9. The Labute approximate surface area is 113 Å². The number of thiazole rings is 1. The van der Waals surface area contributed by atoms with E-state index in [-0.39, 0.29) is 16.3 Å². The number of aryl methyl sites for hydroxylation is 1. The first-order chi connectivity index (χ1) is 9.13. The molecule has 0 aliphatic heterocycles. The van der Waals surface area contributed by atoms with Gasteiger partial charge in [-0.05, 0) is 13.0 Å². The van der Waals surface area contributed by atoms with Gasteiger partial charge < -0.3 is 9.88 Å². The lowest BCUT2D eigenvalue weighted by Crippen LogP contribution is -2.19. The number of hydrogen-bond donors (Lipinski definition) is 1. The molecule has 0 atom stereocenters. The highest BCUT2D eigenvalue weighted by Gasteiger charge is 2.11. The highest BCUT2D eigenvalue weighted by Crippen LogP contribution is 2.11. The van der Waals surface area contributed by atoms with Crippen LogP contribution in [0.2, 0.25) is 0 Å². The number of rotatable bonds is 3. The van der Waals surface area contributed by atoms with Crippen molar-refractivity contribution in [1.29, 1.82) is 5.26 Å². The average molecular weight is 274 g/mol. The Kier molecular flexibility index (Phi) is 3.73. The van der Waals surface area contributed by atoms with E-state index in [0.717, 1.165) is 11.3 Å². The van der Waals surface area contributed by atoms with Crippen molar-refractivity contribution in [2.24, 2.45) is 0 Å². The average Bonchev–Trinajstić information content (AvgIpc) is 2.90. The van der Waals surface area contributed by atoms with Crippen molar-refractivity contribution in [2.75, 3.05) is 5.32 Å². The van der Waals surface area contributed by atoms with Crippen LogP contribution in [0.1, 0.15) is 22.4 Å². The molecule has 1 amide bonds. The van der Waals surface area contributed by atoms with Gasteiger partial charge >= 0.3 is 0 Å². The molecule has 0 saturated heterocycles. The summed E-state index contributed by atoms with van der Waals surface area (Å²) < 4.78 is 1.48. The molecule has 0 radical (unpaired) electrons. The van der Waals surface area contributed by atoms with Gasteiger partial charge in [0.2, 0.25) is 0 Å². The second kappa shape index (κ2) is 5.46. The molecular weight excluding hydrogens is 264 g/mol. The molecule has 2 aromatic rings. The molecule has 2 rings (SSSR count). The van der Waals surface area contributed by atoms with E-state index in [2.05, 4.69) is 10.3 Å². The molecule has 0 saturated carbocycles. The zero-order chi connectivity index (χ0) is 13.8. The zero-order valence-corrected chi connectivity index (χ0v) is 10.9. The van der Waals surface area contributed by atoms with E-state index in [1.54, 1.807) is 6.20 Å². The smallest absolute Gasteiger partial charge is 0.275 e. The van der Waals surface area contributed by atoms with Crippen molar-refractivity contribution in [1.82, 2.24) is 9.55 Å². The monoisotopic (exact) mass is 274 g/mol. The molecule has 0 unspecified atom stereocenters. The molecule has 0 fully saturated rings. The van der Waals surface area contributed by atoms with Gasteiger partial charge in [-0.3, -0.25) is 9.59 Å². The predicted octanol–water partition coefficient (Wildman–Crippen LogP) is 1.45. The van der Waals surface area contributed by atoms with Gasteiger partial charge in [0.25, 0.3) is 11.5 Å². The Bertz CT molecular complexity index is 711. The minimum absolute atomic E-state index is 0.124. The van der Waals surface area contributed by atoms with Crippen LogP contribution in [0.3, 0.4) is 0 Å². The summed E-state index contributed by atoms with van der Waals surface area (Å²) in [5.74, 6) is -0.404. The quantitative estimate of drug-likeness (QED) is 0.917. The third-order valence-corrected chi connectivity index (χ3v) is 3.16. The SMILES string of the molecule is CCn1cc(NC(=O)c2csc(C#N)n2)ccc1=O. The molecule has 0 aromatic carbocycles. The summed E-state index contributed by atoms with van der Waals surface area (Å²) in [5, 5.41) is 13.0. The normalized spacial score (nSPS) is 9.89. The number of aromatic nitrogens is 2. The highest BCUT2D eigenvalue weighted by molar-refractivity contribution is 7.10. The van der Waals surface area contributed by atoms with Gasteiger partial charge in [0.1, 0.15) is 11.8 Å². The van der Waals surface area contributed by atoms with Crippen LogP contribution < -0.4 is 10.9 Å². The number of hydrogen-bond acceptors (Lipinski definition) is 5. The summed E-state index contributed by atoms with van der Waals surface area (Å²) >= 11 is 1.11. The van der Waals surface area contributed by atoms with Crippen molar-refractivity contribution in [3.8, 4) is 6.07 Å². The summed E-state index contributed by atoms with van der Waals surface area (Å²) in [6, 6.07) is 4.80. The van der Waals surface area contributed by atoms with Crippen molar-refractivity contribution >= 4 is 22.9 Å². The number of carbonyl (C=O) groups excluding carboxylic acids is 1. The molecule has 0 aliphatic rings. The van der Waals surface area contributed by atoms with Crippen LogP contribution in [-0.2, 0) is 6.54 Å². The van der Waals surface area contributed by atoms with Crippen molar-refractivity contribution < 1.29 is 4.79 Å². The molecule has 7 heteroatoms. The number of pyridine rings is 1. The number of nitrogens with one attached hydrogen (secondary N) is 1. The molecule has 19 heavy (non-hydrogen) atoms.